The molecule has 7 heteroatoms. The van der Waals surface area contributed by atoms with E-state index < -0.39 is 18.4 Å². The number of nitrogens with zero attached hydrogens (tertiary/aromatic N) is 1. The average Bonchev–Trinajstić information content (AvgIpc) is 2.34. The van der Waals surface area contributed by atoms with Crippen LogP contribution in [-0.4, -0.2) is 30.0 Å². The van der Waals surface area contributed by atoms with Crippen molar-refractivity contribution in [1.29, 1.82) is 0 Å². The number of carbonyl (C=O) groups excluding carboxylic acids is 2. The Balaban J connectivity index is 2.43. The van der Waals surface area contributed by atoms with Gasteiger partial charge in [0.1, 0.15) is 0 Å². The lowest BCUT2D eigenvalue weighted by molar-refractivity contribution is -0.168. The molecule has 7 nitrogen and oxygen atoms in total. The second-order valence-electron chi connectivity index (χ2n) is 2.58. The highest BCUT2D eigenvalue weighted by Gasteiger charge is 2.30. The van der Waals surface area contributed by atoms with Gasteiger partial charge in [-0.1, -0.05) is 5.06 Å². The summed E-state index contributed by atoms with van der Waals surface area (Å²) >= 11 is 0. The van der Waals surface area contributed by atoms with Crippen molar-refractivity contribution in [2.45, 2.75) is 19.1 Å². The van der Waals surface area contributed by atoms with Crippen LogP contribution in [0.1, 0.15) is 12.8 Å². The van der Waals surface area contributed by atoms with Crippen molar-refractivity contribution in [3.8, 4) is 0 Å². The van der Waals surface area contributed by atoms with E-state index in [1.54, 1.807) is 0 Å². The van der Waals surface area contributed by atoms with Gasteiger partial charge in [-0.15, -0.1) is 0 Å². The van der Waals surface area contributed by atoms with Gasteiger partial charge in [-0.3, -0.25) is 0 Å². The van der Waals surface area contributed by atoms with Crippen LogP contribution >= 0.6 is 0 Å². The Morgan fingerprint density at radius 1 is 1.31 bits per heavy atom. The SMILES string of the molecule is NC(=O)OC1CCCN1OC(N)=O. The van der Waals surface area contributed by atoms with Gasteiger partial charge in [-0.05, 0) is 6.42 Å². The van der Waals surface area contributed by atoms with Crippen LogP contribution in [0.25, 0.3) is 0 Å². The van der Waals surface area contributed by atoms with E-state index in [0.29, 0.717) is 13.0 Å². The summed E-state index contributed by atoms with van der Waals surface area (Å²) in [6, 6.07) is 0. The highest BCUT2D eigenvalue weighted by Crippen LogP contribution is 2.18. The molecule has 0 radical (unpaired) electrons. The first kappa shape index (κ1) is 9.59. The minimum Gasteiger partial charge on any atom is -0.427 e. The molecule has 13 heavy (non-hydrogen) atoms. The molecule has 1 unspecified atom stereocenters. The summed E-state index contributed by atoms with van der Waals surface area (Å²) in [5.74, 6) is 0. The van der Waals surface area contributed by atoms with Crippen LogP contribution in [0.4, 0.5) is 9.59 Å². The monoisotopic (exact) mass is 189 g/mol. The fraction of sp³-hybridized carbons (Fsp3) is 0.667. The summed E-state index contributed by atoms with van der Waals surface area (Å²) < 4.78 is 4.66. The van der Waals surface area contributed by atoms with Gasteiger partial charge >= 0.3 is 12.2 Å². The summed E-state index contributed by atoms with van der Waals surface area (Å²) in [4.78, 5) is 25.3. The molecule has 2 amide bonds. The molecule has 0 spiro atoms. The second-order valence-corrected chi connectivity index (χ2v) is 2.58. The van der Waals surface area contributed by atoms with Crippen LogP contribution < -0.4 is 11.5 Å². The smallest absolute Gasteiger partial charge is 0.423 e. The maximum atomic E-state index is 10.4. The van der Waals surface area contributed by atoms with Crippen LogP contribution in [0.2, 0.25) is 0 Å². The molecule has 0 aromatic rings. The first-order chi connectivity index (χ1) is 6.09. The van der Waals surface area contributed by atoms with Gasteiger partial charge in [0.15, 0.2) is 6.23 Å². The van der Waals surface area contributed by atoms with Crippen molar-refractivity contribution in [3.63, 3.8) is 0 Å². The van der Waals surface area contributed by atoms with E-state index in [1.165, 1.54) is 5.06 Å². The minimum absolute atomic E-state index is 0.487. The molecule has 1 atom stereocenters. The average molecular weight is 189 g/mol. The maximum absolute atomic E-state index is 10.4. The van der Waals surface area contributed by atoms with Crippen molar-refractivity contribution in [3.05, 3.63) is 0 Å². The van der Waals surface area contributed by atoms with Crippen molar-refractivity contribution in [1.82, 2.24) is 5.06 Å². The summed E-state index contributed by atoms with van der Waals surface area (Å²) in [7, 11) is 0. The molecule has 1 fully saturated rings. The lowest BCUT2D eigenvalue weighted by Crippen LogP contribution is -2.38. The van der Waals surface area contributed by atoms with Gasteiger partial charge in [0.05, 0.1) is 0 Å². The van der Waals surface area contributed by atoms with Crippen LogP contribution in [0.5, 0.6) is 0 Å². The molecular weight excluding hydrogens is 178 g/mol. The summed E-state index contributed by atoms with van der Waals surface area (Å²) in [6.07, 6.45) is -1.10. The normalized spacial score (nSPS) is 22.6. The van der Waals surface area contributed by atoms with Crippen LogP contribution in [0, 0.1) is 0 Å². The van der Waals surface area contributed by atoms with Crippen LogP contribution in [0.15, 0.2) is 0 Å². The van der Waals surface area contributed by atoms with Crippen molar-refractivity contribution < 1.29 is 19.2 Å². The predicted octanol–water partition coefficient (Wildman–Crippen LogP) is -0.486. The number of primary amides is 2. The predicted molar refractivity (Wildman–Crippen MR) is 41.1 cm³/mol. The number of hydroxylamine groups is 2. The Labute approximate surface area is 74.5 Å². The molecule has 74 valence electrons. The topological polar surface area (TPSA) is 108 Å². The van der Waals surface area contributed by atoms with Gasteiger partial charge < -0.3 is 21.0 Å². The highest BCUT2D eigenvalue weighted by molar-refractivity contribution is 5.65. The molecule has 1 heterocycles. The Morgan fingerprint density at radius 3 is 2.54 bits per heavy atom. The molecule has 0 aromatic carbocycles. The van der Waals surface area contributed by atoms with E-state index in [9.17, 15) is 9.59 Å². The molecule has 0 aromatic heterocycles. The number of rotatable bonds is 2. The lowest BCUT2D eigenvalue weighted by Gasteiger charge is -2.20. The molecule has 0 bridgehead atoms. The second kappa shape index (κ2) is 3.94. The molecule has 1 rings (SSSR count). The zero-order valence-corrected chi connectivity index (χ0v) is 6.93. The minimum atomic E-state index is -0.931. The van der Waals surface area contributed by atoms with E-state index in [0.717, 1.165) is 6.42 Å². The molecule has 0 saturated carbocycles. The Kier molecular flexibility index (Phi) is 2.91. The van der Waals surface area contributed by atoms with Gasteiger partial charge in [0, 0.05) is 13.0 Å². The quantitative estimate of drug-likeness (QED) is 0.609. The number of ether oxygens (including phenoxy) is 1. The van der Waals surface area contributed by atoms with E-state index >= 15 is 0 Å². The van der Waals surface area contributed by atoms with Crippen LogP contribution in [-0.2, 0) is 9.57 Å². The molecular formula is C6H11N3O4. The number of amides is 2. The standard InChI is InChI=1S/C6H11N3O4/c7-5(10)12-4-2-1-3-9(4)13-6(8)11/h4H,1-3H2,(H2,7,10)(H2,8,11). The molecule has 4 N–H and O–H groups in total. The first-order valence-electron chi connectivity index (χ1n) is 3.79. The van der Waals surface area contributed by atoms with Crippen molar-refractivity contribution in [2.24, 2.45) is 11.5 Å². The zero-order valence-electron chi connectivity index (χ0n) is 6.93. The van der Waals surface area contributed by atoms with Crippen molar-refractivity contribution >= 4 is 12.2 Å². The number of hydrogen-bond acceptors (Lipinski definition) is 5. The molecule has 1 aliphatic heterocycles. The Hall–Kier alpha value is -1.50. The highest BCUT2D eigenvalue weighted by atomic mass is 16.8. The van der Waals surface area contributed by atoms with Gasteiger partial charge in [-0.25, -0.2) is 9.59 Å². The lowest BCUT2D eigenvalue weighted by atomic mass is 10.4. The fourth-order valence-corrected chi connectivity index (χ4v) is 1.18. The third kappa shape index (κ3) is 2.79. The number of carbonyl (C=O) groups is 2. The summed E-state index contributed by atoms with van der Waals surface area (Å²) in [6.45, 7) is 0.487. The Bertz CT molecular complexity index is 198. The maximum Gasteiger partial charge on any atom is 0.423 e. The van der Waals surface area contributed by atoms with E-state index in [2.05, 4.69) is 9.57 Å². The van der Waals surface area contributed by atoms with Crippen molar-refractivity contribution in [2.75, 3.05) is 6.54 Å². The summed E-state index contributed by atoms with van der Waals surface area (Å²) in [5.41, 5.74) is 9.60. The number of hydrogen-bond donors (Lipinski definition) is 2. The largest absolute Gasteiger partial charge is 0.427 e. The van der Waals surface area contributed by atoms with E-state index in [-0.39, 0.29) is 0 Å². The zero-order chi connectivity index (χ0) is 9.84. The fourth-order valence-electron chi connectivity index (χ4n) is 1.18. The van der Waals surface area contributed by atoms with E-state index in [4.69, 9.17) is 11.5 Å². The van der Waals surface area contributed by atoms with Crippen LogP contribution in [0.3, 0.4) is 0 Å². The van der Waals surface area contributed by atoms with E-state index in [1.807, 2.05) is 0 Å². The number of nitrogens with two attached hydrogens (primary N) is 2. The third-order valence-electron chi connectivity index (χ3n) is 1.61. The third-order valence-corrected chi connectivity index (χ3v) is 1.61. The van der Waals surface area contributed by atoms with Gasteiger partial charge in [-0.2, -0.15) is 0 Å². The molecule has 1 aliphatic rings. The van der Waals surface area contributed by atoms with Gasteiger partial charge in [0.25, 0.3) is 0 Å². The Morgan fingerprint density at radius 2 is 2.00 bits per heavy atom. The molecule has 1 saturated heterocycles. The van der Waals surface area contributed by atoms with Gasteiger partial charge in [0.2, 0.25) is 0 Å². The first-order valence-corrected chi connectivity index (χ1v) is 3.79. The summed E-state index contributed by atoms with van der Waals surface area (Å²) in [5, 5.41) is 1.20. The molecule has 0 aliphatic carbocycles.